The summed E-state index contributed by atoms with van der Waals surface area (Å²) in [7, 11) is 0. The third-order valence-electron chi connectivity index (χ3n) is 6.53. The van der Waals surface area contributed by atoms with Gasteiger partial charge < -0.3 is 10.8 Å². The van der Waals surface area contributed by atoms with Crippen LogP contribution in [0.15, 0.2) is 36.7 Å². The van der Waals surface area contributed by atoms with E-state index in [4.69, 9.17) is 5.73 Å². The fourth-order valence-electron chi connectivity index (χ4n) is 5.13. The van der Waals surface area contributed by atoms with Crippen molar-refractivity contribution in [2.75, 3.05) is 5.73 Å². The van der Waals surface area contributed by atoms with Crippen LogP contribution in [-0.2, 0) is 6.42 Å². The van der Waals surface area contributed by atoms with Crippen LogP contribution >= 0.6 is 0 Å². The quantitative estimate of drug-likeness (QED) is 0.537. The van der Waals surface area contributed by atoms with Crippen molar-refractivity contribution in [2.45, 2.75) is 43.4 Å². The number of hydrogen-bond acceptors (Lipinski definition) is 5. The van der Waals surface area contributed by atoms with Gasteiger partial charge >= 0.3 is 0 Å². The number of aliphatic hydroxyl groups is 1. The molecule has 1 heterocycles. The number of nitriles is 1. The maximum absolute atomic E-state index is 14.8. The van der Waals surface area contributed by atoms with Crippen molar-refractivity contribution in [3.63, 3.8) is 0 Å². The third kappa shape index (κ3) is 3.25. The zero-order valence-corrected chi connectivity index (χ0v) is 17.2. The molecule has 2 aromatic carbocycles. The molecule has 0 saturated heterocycles. The molecule has 3 atom stereocenters. The number of hydrogen-bond donors (Lipinski definition) is 2. The number of nitrogens with two attached hydrogens (primary N) is 1. The normalized spacial score (nSPS) is 23.0. The number of nitrogen functional groups attached to an aromatic ring is 1. The molecule has 0 saturated carbocycles. The minimum atomic E-state index is -3.44. The van der Waals surface area contributed by atoms with Gasteiger partial charge in [0.15, 0.2) is 0 Å². The second kappa shape index (κ2) is 7.52. The highest BCUT2D eigenvalue weighted by Crippen LogP contribution is 2.53. The molecular weight excluding hydrogens is 436 g/mol. The van der Waals surface area contributed by atoms with Crippen LogP contribution in [0.4, 0.5) is 23.4 Å². The maximum Gasteiger partial charge on any atom is 0.281 e. The van der Waals surface area contributed by atoms with Crippen LogP contribution in [0.5, 0.6) is 0 Å². The van der Waals surface area contributed by atoms with E-state index >= 15 is 0 Å². The average Bonchev–Trinajstić information content (AvgIpc) is 3.03. The lowest BCUT2D eigenvalue weighted by Gasteiger charge is -2.31. The fourth-order valence-corrected chi connectivity index (χ4v) is 5.13. The number of alkyl halides is 3. The van der Waals surface area contributed by atoms with E-state index in [-0.39, 0.29) is 52.2 Å². The van der Waals surface area contributed by atoms with Crippen molar-refractivity contribution in [1.29, 1.82) is 5.26 Å². The standard InChI is InChI=1S/C24H18F4N4O/c25-12-7-11(10-29)19-14(3-4-18(26)16(19)8-12)13-1-2-15(21-23(30)32-6-5-31-21)20-17(13)9-24(27,28)22(20)33/h1-2,5-8,14,18,22,33H,3-4,9H2,(H2,30,32)/t14-,18+,22+/m1/s1. The highest BCUT2D eigenvalue weighted by Gasteiger charge is 2.50. The number of aromatic nitrogens is 2. The van der Waals surface area contributed by atoms with Crippen molar-refractivity contribution in [2.24, 2.45) is 0 Å². The van der Waals surface area contributed by atoms with Crippen molar-refractivity contribution in [1.82, 2.24) is 9.97 Å². The first-order valence-corrected chi connectivity index (χ1v) is 10.4. The van der Waals surface area contributed by atoms with Gasteiger partial charge in [0.05, 0.1) is 11.6 Å². The number of rotatable bonds is 2. The largest absolute Gasteiger partial charge is 0.382 e. The zero-order chi connectivity index (χ0) is 23.5. The summed E-state index contributed by atoms with van der Waals surface area (Å²) in [5.41, 5.74) is 7.31. The molecule has 3 N–H and O–H groups in total. The molecule has 0 unspecified atom stereocenters. The minimum absolute atomic E-state index is 0.00533. The van der Waals surface area contributed by atoms with Crippen LogP contribution in [0.3, 0.4) is 0 Å². The fraction of sp³-hybridized carbons (Fsp3) is 0.292. The summed E-state index contributed by atoms with van der Waals surface area (Å²) in [6.07, 6.45) is -1.25. The highest BCUT2D eigenvalue weighted by molar-refractivity contribution is 5.76. The van der Waals surface area contributed by atoms with Gasteiger partial charge in [-0.1, -0.05) is 12.1 Å². The van der Waals surface area contributed by atoms with E-state index in [0.29, 0.717) is 11.1 Å². The van der Waals surface area contributed by atoms with Gasteiger partial charge in [0, 0.05) is 30.3 Å². The Morgan fingerprint density at radius 2 is 1.85 bits per heavy atom. The first kappa shape index (κ1) is 21.3. The number of aliphatic hydroxyl groups excluding tert-OH is 1. The molecule has 5 nitrogen and oxygen atoms in total. The molecule has 2 aliphatic rings. The van der Waals surface area contributed by atoms with E-state index in [2.05, 4.69) is 9.97 Å². The predicted octanol–water partition coefficient (Wildman–Crippen LogP) is 4.90. The Morgan fingerprint density at radius 3 is 2.58 bits per heavy atom. The minimum Gasteiger partial charge on any atom is -0.382 e. The van der Waals surface area contributed by atoms with Crippen molar-refractivity contribution < 1.29 is 22.7 Å². The number of benzene rings is 2. The lowest BCUT2D eigenvalue weighted by Crippen LogP contribution is -2.22. The van der Waals surface area contributed by atoms with Crippen LogP contribution < -0.4 is 5.73 Å². The molecule has 0 amide bonds. The second-order valence-corrected chi connectivity index (χ2v) is 8.39. The van der Waals surface area contributed by atoms with E-state index in [9.17, 15) is 27.9 Å². The van der Waals surface area contributed by atoms with Crippen molar-refractivity contribution >= 4 is 5.82 Å². The Bertz CT molecular complexity index is 1320. The molecular formula is C24H18F4N4O. The van der Waals surface area contributed by atoms with Gasteiger partial charge in [0.25, 0.3) is 5.92 Å². The summed E-state index contributed by atoms with van der Waals surface area (Å²) >= 11 is 0. The second-order valence-electron chi connectivity index (χ2n) is 8.39. The molecule has 2 aliphatic carbocycles. The Hall–Kier alpha value is -3.51. The lowest BCUT2D eigenvalue weighted by molar-refractivity contribution is -0.0966. The number of nitrogens with zero attached hydrogens (tertiary/aromatic N) is 3. The average molecular weight is 454 g/mol. The monoisotopic (exact) mass is 454 g/mol. The van der Waals surface area contributed by atoms with E-state index in [0.717, 1.165) is 12.1 Å². The van der Waals surface area contributed by atoms with E-state index < -0.39 is 36.4 Å². The van der Waals surface area contributed by atoms with E-state index in [1.165, 1.54) is 18.5 Å². The topological polar surface area (TPSA) is 95.8 Å². The summed E-state index contributed by atoms with van der Waals surface area (Å²) < 4.78 is 58.2. The highest BCUT2D eigenvalue weighted by atomic mass is 19.3. The SMILES string of the molecule is N#Cc1cc(F)cc2c1[C@@H](c1ccc(-c3nccnc3N)c3c1CC(F)(F)[C@H]3O)CC[C@@H]2F. The Morgan fingerprint density at radius 1 is 1.09 bits per heavy atom. The number of fused-ring (bicyclic) bond motifs is 2. The Balaban J connectivity index is 1.76. The van der Waals surface area contributed by atoms with Crippen LogP contribution in [0.1, 0.15) is 64.4 Å². The molecule has 0 aliphatic heterocycles. The summed E-state index contributed by atoms with van der Waals surface area (Å²) in [4.78, 5) is 8.11. The number of halogens is 4. The molecule has 33 heavy (non-hydrogen) atoms. The van der Waals surface area contributed by atoms with Gasteiger partial charge in [-0.3, -0.25) is 4.98 Å². The third-order valence-corrected chi connectivity index (χ3v) is 6.53. The first-order chi connectivity index (χ1) is 15.7. The van der Waals surface area contributed by atoms with E-state index in [1.54, 1.807) is 6.07 Å². The zero-order valence-electron chi connectivity index (χ0n) is 17.2. The maximum atomic E-state index is 14.8. The van der Waals surface area contributed by atoms with Gasteiger partial charge in [0.2, 0.25) is 0 Å². The molecule has 0 fully saturated rings. The molecule has 5 rings (SSSR count). The molecule has 0 spiro atoms. The summed E-state index contributed by atoms with van der Waals surface area (Å²) in [6, 6.07) is 7.16. The summed E-state index contributed by atoms with van der Waals surface area (Å²) in [5.74, 6) is -4.74. The molecule has 3 aromatic rings. The van der Waals surface area contributed by atoms with Crippen molar-refractivity contribution in [3.05, 3.63) is 75.9 Å². The van der Waals surface area contributed by atoms with Crippen LogP contribution in [0, 0.1) is 17.1 Å². The van der Waals surface area contributed by atoms with Crippen molar-refractivity contribution in [3.8, 4) is 17.3 Å². The molecule has 9 heteroatoms. The van der Waals surface area contributed by atoms with Gasteiger partial charge in [0.1, 0.15) is 29.6 Å². The Kier molecular flexibility index (Phi) is 4.87. The van der Waals surface area contributed by atoms with Gasteiger partial charge in [-0.15, -0.1) is 0 Å². The van der Waals surface area contributed by atoms with Gasteiger partial charge in [-0.05, 0) is 52.8 Å². The molecule has 168 valence electrons. The smallest absolute Gasteiger partial charge is 0.281 e. The molecule has 0 radical (unpaired) electrons. The van der Waals surface area contributed by atoms with Gasteiger partial charge in [-0.25, -0.2) is 22.5 Å². The number of anilines is 1. The summed E-state index contributed by atoms with van der Waals surface area (Å²) in [5, 5.41) is 20.1. The van der Waals surface area contributed by atoms with E-state index in [1.807, 2.05) is 6.07 Å². The van der Waals surface area contributed by atoms with Crippen LogP contribution in [0.25, 0.3) is 11.3 Å². The lowest BCUT2D eigenvalue weighted by atomic mass is 9.74. The molecule has 0 bridgehead atoms. The Labute approximate surface area is 186 Å². The first-order valence-electron chi connectivity index (χ1n) is 10.4. The predicted molar refractivity (Wildman–Crippen MR) is 112 cm³/mol. The molecule has 1 aromatic heterocycles. The van der Waals surface area contributed by atoms with Crippen LogP contribution in [0.2, 0.25) is 0 Å². The summed E-state index contributed by atoms with van der Waals surface area (Å²) in [6.45, 7) is 0. The van der Waals surface area contributed by atoms with Gasteiger partial charge in [-0.2, -0.15) is 5.26 Å². The van der Waals surface area contributed by atoms with Crippen LogP contribution in [-0.4, -0.2) is 21.0 Å².